The third-order valence-electron chi connectivity index (χ3n) is 2.92. The number of carboxylic acid groups (broad SMARTS) is 1. The Morgan fingerprint density at radius 2 is 2.09 bits per heavy atom. The van der Waals surface area contributed by atoms with E-state index in [4.69, 9.17) is 11.5 Å². The zero-order valence-corrected chi connectivity index (χ0v) is 14.5. The number of aromatic nitrogens is 3. The molecule has 0 spiro atoms. The summed E-state index contributed by atoms with van der Waals surface area (Å²) in [5.41, 5.74) is 13.4. The first-order valence-corrected chi connectivity index (χ1v) is 6.15. The molecule has 0 aliphatic carbocycles. The van der Waals surface area contributed by atoms with Crippen molar-refractivity contribution >= 4 is 17.7 Å². The summed E-state index contributed by atoms with van der Waals surface area (Å²) in [6.45, 7) is -0.150. The number of rotatable bonds is 6. The van der Waals surface area contributed by atoms with E-state index < -0.39 is 17.8 Å². The van der Waals surface area contributed by atoms with Gasteiger partial charge in [0.25, 0.3) is 0 Å². The van der Waals surface area contributed by atoms with Crippen molar-refractivity contribution in [1.29, 1.82) is 0 Å². The van der Waals surface area contributed by atoms with E-state index >= 15 is 0 Å². The van der Waals surface area contributed by atoms with Crippen LogP contribution in [0, 0.1) is 0 Å². The zero-order chi connectivity index (χ0) is 15.4. The number of carboxylic acids is 1. The summed E-state index contributed by atoms with van der Waals surface area (Å²) in [6, 6.07) is 3.31. The van der Waals surface area contributed by atoms with Crippen molar-refractivity contribution in [2.45, 2.75) is 18.9 Å². The van der Waals surface area contributed by atoms with Crippen LogP contribution in [0.1, 0.15) is 17.2 Å². The van der Waals surface area contributed by atoms with Crippen LogP contribution in [-0.4, -0.2) is 31.5 Å². The average Bonchev–Trinajstić information content (AvgIpc) is 2.85. The van der Waals surface area contributed by atoms with Gasteiger partial charge in [0.15, 0.2) is 0 Å². The van der Waals surface area contributed by atoms with E-state index in [-0.39, 0.29) is 45.7 Å². The second-order valence-corrected chi connectivity index (χ2v) is 4.58. The quantitative estimate of drug-likeness (QED) is 0.766. The summed E-state index contributed by atoms with van der Waals surface area (Å²) in [7, 11) is 0. The number of nitrogens with zero attached hydrogens (tertiary/aromatic N) is 3. The number of imidazole rings is 1. The molecule has 2 rings (SSSR count). The number of hydrogen-bond acceptors (Lipinski definition) is 5. The van der Waals surface area contributed by atoms with Gasteiger partial charge in [-0.2, -0.15) is 0 Å². The molecule has 0 saturated carbocycles. The van der Waals surface area contributed by atoms with Crippen molar-refractivity contribution in [3.05, 3.63) is 47.8 Å². The van der Waals surface area contributed by atoms with E-state index in [0.29, 0.717) is 11.5 Å². The van der Waals surface area contributed by atoms with Crippen LogP contribution in [0.25, 0.3) is 5.73 Å². The van der Waals surface area contributed by atoms with Gasteiger partial charge >= 0.3 is 5.97 Å². The number of anilines is 1. The molecule has 1 radical (unpaired) electrons. The predicted octanol–water partition coefficient (Wildman–Crippen LogP) is 0.847. The van der Waals surface area contributed by atoms with Crippen LogP contribution < -0.4 is 5.73 Å². The van der Waals surface area contributed by atoms with Gasteiger partial charge in [-0.1, -0.05) is 6.07 Å². The monoisotopic (exact) mass is 377 g/mol. The van der Waals surface area contributed by atoms with E-state index in [9.17, 15) is 14.7 Å². The summed E-state index contributed by atoms with van der Waals surface area (Å²) >= 11 is 0. The number of amides is 1. The minimum atomic E-state index is -1.02. The van der Waals surface area contributed by atoms with Gasteiger partial charge in [0, 0.05) is 45.1 Å². The molecule has 4 N–H and O–H groups in total. The number of aliphatic carboxylic acids is 1. The van der Waals surface area contributed by atoms with Crippen molar-refractivity contribution in [3.63, 3.8) is 0 Å². The molecule has 0 aromatic carbocycles. The fraction of sp³-hybridized carbons (Fsp3) is 0.231. The van der Waals surface area contributed by atoms with Crippen LogP contribution in [0.2, 0.25) is 0 Å². The first-order valence-electron chi connectivity index (χ1n) is 6.15. The third-order valence-corrected chi connectivity index (χ3v) is 2.92. The number of pyridine rings is 1. The summed E-state index contributed by atoms with van der Waals surface area (Å²) in [4.78, 5) is 30.1. The predicted molar refractivity (Wildman–Crippen MR) is 74.3 cm³/mol. The number of nitrogens with two attached hydrogens (primary N) is 1. The Morgan fingerprint density at radius 3 is 2.64 bits per heavy atom. The van der Waals surface area contributed by atoms with Crippen LogP contribution in [0.15, 0.2) is 30.9 Å². The summed E-state index contributed by atoms with van der Waals surface area (Å²) in [5, 5.41) is 9.34. The maximum Gasteiger partial charge on any atom is 0.312 e. The van der Waals surface area contributed by atoms with Gasteiger partial charge in [0.2, 0.25) is 0 Å². The average molecular weight is 377 g/mol. The van der Waals surface area contributed by atoms with Crippen LogP contribution in [0.5, 0.6) is 0 Å². The molecule has 0 aliphatic heterocycles. The molecule has 9 heteroatoms. The molecule has 113 valence electrons. The molecule has 0 aliphatic rings. The number of hydrogen-bond donors (Lipinski definition) is 2. The first kappa shape index (κ1) is 18.3. The molecule has 0 saturated heterocycles. The van der Waals surface area contributed by atoms with Gasteiger partial charge in [-0.05, 0) is 18.1 Å². The summed E-state index contributed by atoms with van der Waals surface area (Å²) in [5.74, 6) is -2.27. The van der Waals surface area contributed by atoms with E-state index in [0.717, 1.165) is 5.56 Å². The molecule has 1 amide bonds. The Balaban J connectivity index is 0.00000242. The largest absolute Gasteiger partial charge is 0.666 e. The number of carbonyl (C=O) groups excluding carboxylic acids is 1. The smallest absolute Gasteiger partial charge is 0.312 e. The van der Waals surface area contributed by atoms with Crippen LogP contribution >= 0.6 is 0 Å². The topological polar surface area (TPSA) is 135 Å². The minimum absolute atomic E-state index is 0. The molecule has 8 nitrogen and oxygen atoms in total. The van der Waals surface area contributed by atoms with Crippen molar-refractivity contribution in [3.8, 4) is 0 Å². The standard InChI is InChI=1S/C13H15N5O3.Y/c14-11-2-1-8(4-16-11)3-9(13(20)21)10-5-18(7-17-10)6-12(15)19;/h1-2,4-5,7,9H,3,6H2,(H5,14,15,16,19,20,21);/p-1. The number of nitrogen functional groups attached to an aromatic ring is 1. The molecule has 22 heavy (non-hydrogen) atoms. The molecule has 0 bridgehead atoms. The van der Waals surface area contributed by atoms with E-state index in [1.165, 1.54) is 23.3 Å². The van der Waals surface area contributed by atoms with Gasteiger partial charge in [-0.15, -0.1) is 0 Å². The van der Waals surface area contributed by atoms with Gasteiger partial charge in [0.05, 0.1) is 24.5 Å². The van der Waals surface area contributed by atoms with Gasteiger partial charge < -0.3 is 25.9 Å². The maximum atomic E-state index is 11.4. The molecule has 1 unspecified atom stereocenters. The Kier molecular flexibility index (Phi) is 6.64. The fourth-order valence-electron chi connectivity index (χ4n) is 1.92. The van der Waals surface area contributed by atoms with Crippen molar-refractivity contribution < 1.29 is 47.4 Å². The maximum absolute atomic E-state index is 11.4. The van der Waals surface area contributed by atoms with Crippen LogP contribution in [0.3, 0.4) is 0 Å². The Labute approximate surface area is 151 Å². The molecule has 2 aromatic heterocycles. The van der Waals surface area contributed by atoms with Crippen molar-refractivity contribution in [2.24, 2.45) is 0 Å². The Morgan fingerprint density at radius 1 is 1.36 bits per heavy atom. The van der Waals surface area contributed by atoms with Gasteiger partial charge in [-0.3, -0.25) is 4.79 Å². The van der Waals surface area contributed by atoms with Crippen molar-refractivity contribution in [1.82, 2.24) is 14.5 Å². The normalized spacial score (nSPS) is 11.5. The van der Waals surface area contributed by atoms with Crippen LogP contribution in [0.4, 0.5) is 5.82 Å². The fourth-order valence-corrected chi connectivity index (χ4v) is 1.92. The molecule has 1 atom stereocenters. The molecule has 0 fully saturated rings. The minimum Gasteiger partial charge on any atom is -0.666 e. The third kappa shape index (κ3) is 4.89. The Bertz CT molecular complexity index is 656. The molecule has 2 heterocycles. The number of carbonyl (C=O) groups is 2. The van der Waals surface area contributed by atoms with E-state index in [1.807, 2.05) is 0 Å². The molecule has 2 aromatic rings. The second-order valence-electron chi connectivity index (χ2n) is 4.58. The van der Waals surface area contributed by atoms with E-state index in [1.54, 1.807) is 12.1 Å². The number of nitrogens with one attached hydrogen (secondary N) is 1. The second kappa shape index (κ2) is 8.00. The summed E-state index contributed by atoms with van der Waals surface area (Å²) < 4.78 is 1.39. The van der Waals surface area contributed by atoms with Crippen LogP contribution in [-0.2, 0) is 55.3 Å². The van der Waals surface area contributed by atoms with Crippen molar-refractivity contribution in [2.75, 3.05) is 5.73 Å². The van der Waals surface area contributed by atoms with E-state index in [2.05, 4.69) is 9.97 Å². The molecular formula is C13H14N5O3Y-. The van der Waals surface area contributed by atoms with Gasteiger partial charge in [-0.25, -0.2) is 9.97 Å². The first-order chi connectivity index (χ1) is 9.95. The van der Waals surface area contributed by atoms with Gasteiger partial charge in [0.1, 0.15) is 11.7 Å². The molecular weight excluding hydrogens is 363 g/mol. The zero-order valence-electron chi connectivity index (χ0n) is 11.6. The Hall–Kier alpha value is -1.80. The SMILES string of the molecule is [NH-]C(=O)Cn1cnc(C(Cc2ccc(N)nc2)C(=O)O)c1.[Y]. The summed E-state index contributed by atoms with van der Waals surface area (Å²) in [6.07, 6.45) is 4.55.